The molecule has 2 fully saturated rings. The van der Waals surface area contributed by atoms with Gasteiger partial charge >= 0.3 is 0 Å². The largest absolute Gasteiger partial charge is 0.330 e. The second kappa shape index (κ2) is 17.1. The first-order chi connectivity index (χ1) is 11.1. The van der Waals surface area contributed by atoms with E-state index in [9.17, 15) is 13.6 Å². The van der Waals surface area contributed by atoms with E-state index in [0.29, 0.717) is 31.7 Å². The van der Waals surface area contributed by atoms with Crippen molar-refractivity contribution in [3.05, 3.63) is 0 Å². The summed E-state index contributed by atoms with van der Waals surface area (Å²) in [5.41, 5.74) is 4.57. The summed E-state index contributed by atoms with van der Waals surface area (Å²) in [5, 5.41) is 12.1. The lowest BCUT2D eigenvalue weighted by Crippen LogP contribution is -2.41. The van der Waals surface area contributed by atoms with Gasteiger partial charge in [0, 0.05) is 12.8 Å². The molecule has 0 radical (unpaired) electrons. The van der Waals surface area contributed by atoms with E-state index in [2.05, 4.69) is 11.4 Å². The van der Waals surface area contributed by atoms with Gasteiger partial charge in [0.05, 0.1) is 19.4 Å². The molecule has 142 valence electrons. The molecule has 0 atom stereocenters. The number of nitrogens with two attached hydrogens (primary N) is 1. The van der Waals surface area contributed by atoms with Gasteiger partial charge in [-0.1, -0.05) is 12.8 Å². The predicted octanol–water partition coefficient (Wildman–Crippen LogP) is 3.63. The molecule has 0 aromatic heterocycles. The monoisotopic (exact) mass is 367 g/mol. The van der Waals surface area contributed by atoms with Gasteiger partial charge in [-0.25, -0.2) is 0 Å². The minimum atomic E-state index is -0.324. The Labute approximate surface area is 151 Å². The van der Waals surface area contributed by atoms with Crippen LogP contribution in [0.4, 0.5) is 8.78 Å². The Kier molecular flexibility index (Phi) is 18.1. The van der Waals surface area contributed by atoms with Crippen LogP contribution in [0.1, 0.15) is 64.2 Å². The zero-order valence-corrected chi connectivity index (χ0v) is 15.3. The third-order valence-electron chi connectivity index (χ3n) is 3.94. The van der Waals surface area contributed by atoms with Gasteiger partial charge in [0.2, 0.25) is 0 Å². The Balaban J connectivity index is 0. The lowest BCUT2D eigenvalue weighted by atomic mass is 10.00. The predicted molar refractivity (Wildman–Crippen MR) is 95.8 cm³/mol. The van der Waals surface area contributed by atoms with Crippen LogP contribution in [0.3, 0.4) is 0 Å². The van der Waals surface area contributed by atoms with Crippen LogP contribution in [-0.2, 0) is 4.79 Å². The van der Waals surface area contributed by atoms with Crippen molar-refractivity contribution >= 4 is 18.2 Å². The lowest BCUT2D eigenvalue weighted by Gasteiger charge is -2.21. The number of hydrogen-bond acceptors (Lipinski definition) is 4. The van der Waals surface area contributed by atoms with Gasteiger partial charge in [0.25, 0.3) is 0 Å². The maximum Gasteiger partial charge on any atom is 0.132 e. The first-order valence-corrected chi connectivity index (χ1v) is 8.64. The average Bonchev–Trinajstić information content (AvgIpc) is 3.22. The van der Waals surface area contributed by atoms with Crippen molar-refractivity contribution in [2.45, 2.75) is 69.7 Å². The fourth-order valence-corrected chi connectivity index (χ4v) is 2.55. The molecular weight excluding hydrogens is 336 g/mol. The van der Waals surface area contributed by atoms with E-state index < -0.39 is 0 Å². The number of Topliss-reactive ketones (excluding diaryl/α,β-unsaturated/α-hetero) is 1. The maximum absolute atomic E-state index is 11.8. The number of carbonyl (C=O) groups excluding carboxylic acids is 1. The maximum atomic E-state index is 11.8. The average molecular weight is 368 g/mol. The van der Waals surface area contributed by atoms with E-state index in [4.69, 9.17) is 11.0 Å². The number of alkyl halides is 2. The number of carbonyl (C=O) groups is 1. The molecule has 0 aromatic carbocycles. The highest BCUT2D eigenvalue weighted by molar-refractivity contribution is 5.85. The summed E-state index contributed by atoms with van der Waals surface area (Å²) < 4.78 is 22.7. The van der Waals surface area contributed by atoms with Crippen molar-refractivity contribution in [1.82, 2.24) is 5.32 Å². The number of ketones is 1. The highest BCUT2D eigenvalue weighted by Crippen LogP contribution is 2.28. The number of hydrogen-bond donors (Lipinski definition) is 2. The van der Waals surface area contributed by atoms with Gasteiger partial charge in [-0.05, 0) is 51.6 Å². The van der Waals surface area contributed by atoms with E-state index >= 15 is 0 Å². The molecule has 0 amide bonds. The van der Waals surface area contributed by atoms with Gasteiger partial charge in [0.15, 0.2) is 0 Å². The molecule has 3 N–H and O–H groups in total. The SMILES string of the molecule is Cl.N#CC1(NCCCF)CCCC1.NCCCF.O=C1CCCC1. The molecule has 0 heterocycles. The third-order valence-corrected chi connectivity index (χ3v) is 3.94. The molecule has 0 bridgehead atoms. The van der Waals surface area contributed by atoms with Crippen LogP contribution in [-0.4, -0.2) is 37.8 Å². The van der Waals surface area contributed by atoms with Crippen LogP contribution in [0.2, 0.25) is 0 Å². The Bertz CT molecular complexity index is 335. The molecule has 2 aliphatic carbocycles. The van der Waals surface area contributed by atoms with E-state index in [1.807, 2.05) is 0 Å². The van der Waals surface area contributed by atoms with E-state index in [1.54, 1.807) is 0 Å². The molecule has 24 heavy (non-hydrogen) atoms. The number of nitriles is 1. The Hall–Kier alpha value is -0.770. The Morgan fingerprint density at radius 2 is 1.62 bits per heavy atom. The summed E-state index contributed by atoms with van der Waals surface area (Å²) >= 11 is 0. The molecule has 0 aliphatic heterocycles. The first-order valence-electron chi connectivity index (χ1n) is 8.64. The van der Waals surface area contributed by atoms with E-state index in [1.165, 1.54) is 0 Å². The normalized spacial score (nSPS) is 17.7. The number of rotatable bonds is 6. The van der Waals surface area contributed by atoms with E-state index in [0.717, 1.165) is 51.4 Å². The number of nitrogens with one attached hydrogen (secondary N) is 1. The van der Waals surface area contributed by atoms with Crippen LogP contribution >= 0.6 is 12.4 Å². The van der Waals surface area contributed by atoms with E-state index in [-0.39, 0.29) is 31.3 Å². The smallest absolute Gasteiger partial charge is 0.132 e. The minimum Gasteiger partial charge on any atom is -0.330 e. The molecule has 2 saturated carbocycles. The minimum absolute atomic E-state index is 0. The Morgan fingerprint density at radius 3 is 1.92 bits per heavy atom. The summed E-state index contributed by atoms with van der Waals surface area (Å²) in [6, 6.07) is 2.30. The summed E-state index contributed by atoms with van der Waals surface area (Å²) in [5.74, 6) is 0.454. The molecule has 2 rings (SSSR count). The fraction of sp³-hybridized carbons (Fsp3) is 0.882. The van der Waals surface area contributed by atoms with Crippen molar-refractivity contribution < 1.29 is 13.6 Å². The van der Waals surface area contributed by atoms with Gasteiger partial charge < -0.3 is 5.73 Å². The lowest BCUT2D eigenvalue weighted by molar-refractivity contribution is -0.117. The number of nitrogens with zero attached hydrogens (tertiary/aromatic N) is 1. The topological polar surface area (TPSA) is 78.9 Å². The van der Waals surface area contributed by atoms with Crippen LogP contribution in [0.15, 0.2) is 0 Å². The molecule has 2 aliphatic rings. The highest BCUT2D eigenvalue weighted by atomic mass is 35.5. The van der Waals surface area contributed by atoms with Crippen LogP contribution in [0.25, 0.3) is 0 Å². The zero-order chi connectivity index (χ0) is 17.4. The van der Waals surface area contributed by atoms with Gasteiger partial charge in [-0.3, -0.25) is 18.9 Å². The van der Waals surface area contributed by atoms with Crippen molar-refractivity contribution in [2.75, 3.05) is 26.4 Å². The van der Waals surface area contributed by atoms with Crippen molar-refractivity contribution in [3.8, 4) is 6.07 Å². The summed E-state index contributed by atoms with van der Waals surface area (Å²) in [6.07, 6.45) is 9.08. The fourth-order valence-electron chi connectivity index (χ4n) is 2.55. The quantitative estimate of drug-likeness (QED) is 0.702. The van der Waals surface area contributed by atoms with Crippen molar-refractivity contribution in [1.29, 1.82) is 5.26 Å². The first kappa shape index (κ1) is 25.5. The summed E-state index contributed by atoms with van der Waals surface area (Å²) in [7, 11) is 0. The number of halogens is 3. The standard InChI is InChI=1S/C9H15FN2.C5H8O.C3H8FN.ClH/c10-6-3-7-12-9(8-11)4-1-2-5-9;6-5-3-1-2-4-5;4-2-1-3-5;/h12H,1-7H2;1-4H2;1-3,5H2;1H. The summed E-state index contributed by atoms with van der Waals surface area (Å²) in [6.45, 7) is 0.519. The van der Waals surface area contributed by atoms with Crippen LogP contribution < -0.4 is 11.1 Å². The molecule has 0 spiro atoms. The molecule has 0 aromatic rings. The van der Waals surface area contributed by atoms with Gasteiger partial charge in [0.1, 0.15) is 11.3 Å². The molecule has 0 unspecified atom stereocenters. The molecule has 7 heteroatoms. The van der Waals surface area contributed by atoms with Crippen molar-refractivity contribution in [2.24, 2.45) is 5.73 Å². The second-order valence-corrected chi connectivity index (χ2v) is 5.95. The highest BCUT2D eigenvalue weighted by Gasteiger charge is 2.32. The van der Waals surface area contributed by atoms with Crippen LogP contribution in [0.5, 0.6) is 0 Å². The Morgan fingerprint density at radius 1 is 1.08 bits per heavy atom. The van der Waals surface area contributed by atoms with Gasteiger partial charge in [-0.2, -0.15) is 5.26 Å². The third kappa shape index (κ3) is 12.6. The molecule has 0 saturated heterocycles. The van der Waals surface area contributed by atoms with Crippen LogP contribution in [0, 0.1) is 11.3 Å². The summed E-state index contributed by atoms with van der Waals surface area (Å²) in [4.78, 5) is 10.2. The second-order valence-electron chi connectivity index (χ2n) is 5.95. The van der Waals surface area contributed by atoms with Gasteiger partial charge in [-0.15, -0.1) is 12.4 Å². The van der Waals surface area contributed by atoms with Crippen molar-refractivity contribution in [3.63, 3.8) is 0 Å². The molecule has 4 nitrogen and oxygen atoms in total. The molecular formula is C17H32ClF2N3O. The zero-order valence-electron chi connectivity index (χ0n) is 14.5.